The Kier molecular flexibility index (Phi) is 4.36. The molecule has 0 bridgehead atoms. The molecule has 1 atom stereocenters. The number of hydrogen-bond donors (Lipinski definition) is 2. The van der Waals surface area contributed by atoms with Gasteiger partial charge in [0.2, 0.25) is 0 Å². The number of aromatic nitrogens is 3. The first-order valence-electron chi connectivity index (χ1n) is 10.1. The van der Waals surface area contributed by atoms with Crippen molar-refractivity contribution in [3.8, 4) is 17.3 Å². The Morgan fingerprint density at radius 2 is 2.13 bits per heavy atom. The van der Waals surface area contributed by atoms with Gasteiger partial charge in [-0.2, -0.15) is 10.4 Å². The van der Waals surface area contributed by atoms with Crippen molar-refractivity contribution in [3.05, 3.63) is 81.8 Å². The quantitative estimate of drug-likeness (QED) is 0.542. The van der Waals surface area contributed by atoms with Crippen molar-refractivity contribution in [1.29, 1.82) is 5.26 Å². The minimum absolute atomic E-state index is 0.0706. The van der Waals surface area contributed by atoms with Crippen molar-refractivity contribution in [2.75, 3.05) is 5.32 Å². The molecule has 0 saturated carbocycles. The van der Waals surface area contributed by atoms with Gasteiger partial charge in [0.05, 0.1) is 28.8 Å². The molecule has 0 fully saturated rings. The Bertz CT molecular complexity index is 1360. The van der Waals surface area contributed by atoms with Gasteiger partial charge in [-0.05, 0) is 72.9 Å². The highest BCUT2D eigenvalue weighted by atomic mass is 16.1. The number of anilines is 1. The predicted molar refractivity (Wildman–Crippen MR) is 117 cm³/mol. The molecule has 2 heterocycles. The zero-order valence-electron chi connectivity index (χ0n) is 16.6. The first kappa shape index (κ1) is 18.2. The van der Waals surface area contributed by atoms with Crippen molar-refractivity contribution < 1.29 is 0 Å². The van der Waals surface area contributed by atoms with Crippen molar-refractivity contribution >= 4 is 16.6 Å². The number of benzene rings is 2. The zero-order valence-corrected chi connectivity index (χ0v) is 16.6. The predicted octanol–water partition coefficient (Wildman–Crippen LogP) is 4.29. The van der Waals surface area contributed by atoms with E-state index < -0.39 is 0 Å². The highest BCUT2D eigenvalue weighted by molar-refractivity contribution is 5.94. The number of aromatic amines is 1. The molecule has 0 unspecified atom stereocenters. The van der Waals surface area contributed by atoms with Crippen LogP contribution in [-0.2, 0) is 13.5 Å². The summed E-state index contributed by atoms with van der Waals surface area (Å²) in [4.78, 5) is 12.6. The summed E-state index contributed by atoms with van der Waals surface area (Å²) in [7, 11) is 1.74. The lowest BCUT2D eigenvalue weighted by Crippen LogP contribution is -2.18. The summed E-state index contributed by atoms with van der Waals surface area (Å²) in [6.07, 6.45) is 4.87. The molecule has 4 aromatic rings. The monoisotopic (exact) mass is 395 g/mol. The van der Waals surface area contributed by atoms with E-state index in [-0.39, 0.29) is 11.6 Å². The maximum Gasteiger partial charge on any atom is 0.259 e. The number of H-pyrrole nitrogens is 1. The van der Waals surface area contributed by atoms with E-state index in [1.54, 1.807) is 17.8 Å². The molecule has 0 amide bonds. The number of aryl methyl sites for hydroxylation is 2. The van der Waals surface area contributed by atoms with E-state index in [9.17, 15) is 10.1 Å². The Balaban J connectivity index is 1.52. The molecule has 1 aliphatic rings. The van der Waals surface area contributed by atoms with Gasteiger partial charge >= 0.3 is 0 Å². The second-order valence-corrected chi connectivity index (χ2v) is 7.79. The van der Waals surface area contributed by atoms with Crippen LogP contribution in [0.25, 0.3) is 22.2 Å². The Morgan fingerprint density at radius 1 is 1.23 bits per heavy atom. The summed E-state index contributed by atoms with van der Waals surface area (Å²) in [6.45, 7) is 0. The minimum Gasteiger partial charge on any atom is -0.378 e. The molecular formula is C24H21N5O. The molecular weight excluding hydrogens is 374 g/mol. The molecule has 2 N–H and O–H groups in total. The molecule has 2 aromatic carbocycles. The van der Waals surface area contributed by atoms with Crippen LogP contribution >= 0.6 is 0 Å². The van der Waals surface area contributed by atoms with Gasteiger partial charge in [0.25, 0.3) is 5.56 Å². The fraction of sp³-hybridized carbons (Fsp3) is 0.208. The third-order valence-corrected chi connectivity index (χ3v) is 5.87. The summed E-state index contributed by atoms with van der Waals surface area (Å²) >= 11 is 0. The topological polar surface area (TPSA) is 86.5 Å². The lowest BCUT2D eigenvalue weighted by atomic mass is 9.86. The first-order chi connectivity index (χ1) is 14.6. The Labute approximate surface area is 173 Å². The molecule has 0 spiro atoms. The third-order valence-electron chi connectivity index (χ3n) is 5.87. The lowest BCUT2D eigenvalue weighted by Gasteiger charge is -2.27. The average Bonchev–Trinajstić information content (AvgIpc) is 3.18. The van der Waals surface area contributed by atoms with Crippen LogP contribution in [0.1, 0.15) is 35.6 Å². The fourth-order valence-corrected chi connectivity index (χ4v) is 4.32. The van der Waals surface area contributed by atoms with Gasteiger partial charge in [0, 0.05) is 24.3 Å². The van der Waals surface area contributed by atoms with Gasteiger partial charge in [-0.3, -0.25) is 9.89 Å². The third kappa shape index (κ3) is 3.05. The van der Waals surface area contributed by atoms with Crippen LogP contribution in [0.15, 0.2) is 59.5 Å². The molecule has 6 nitrogen and oxygen atoms in total. The summed E-state index contributed by atoms with van der Waals surface area (Å²) in [6, 6.07) is 18.1. The molecule has 1 aliphatic carbocycles. The summed E-state index contributed by atoms with van der Waals surface area (Å²) in [5, 5.41) is 21.2. The van der Waals surface area contributed by atoms with Crippen LogP contribution in [0.3, 0.4) is 0 Å². The molecule has 0 aliphatic heterocycles. The first-order valence-corrected chi connectivity index (χ1v) is 10.1. The van der Waals surface area contributed by atoms with E-state index in [0.717, 1.165) is 35.9 Å². The van der Waals surface area contributed by atoms with Crippen molar-refractivity contribution in [2.45, 2.75) is 25.3 Å². The highest BCUT2D eigenvalue weighted by Gasteiger charge is 2.21. The SMILES string of the molecule is Cn1cccc(-c2n[nH]c3ccc(N[C@H]4CCCc5cc(C#N)ccc54)cc23)c1=O. The van der Waals surface area contributed by atoms with E-state index >= 15 is 0 Å². The largest absolute Gasteiger partial charge is 0.378 e. The molecule has 30 heavy (non-hydrogen) atoms. The molecule has 2 aromatic heterocycles. The smallest absolute Gasteiger partial charge is 0.259 e. The second-order valence-electron chi connectivity index (χ2n) is 7.79. The lowest BCUT2D eigenvalue weighted by molar-refractivity contribution is 0.600. The number of rotatable bonds is 3. The van der Waals surface area contributed by atoms with Gasteiger partial charge in [0.1, 0.15) is 5.69 Å². The molecule has 5 rings (SSSR count). The zero-order chi connectivity index (χ0) is 20.7. The minimum atomic E-state index is -0.0706. The van der Waals surface area contributed by atoms with Gasteiger partial charge in [-0.1, -0.05) is 6.07 Å². The summed E-state index contributed by atoms with van der Waals surface area (Å²) in [5.74, 6) is 0. The van der Waals surface area contributed by atoms with Crippen LogP contribution in [-0.4, -0.2) is 14.8 Å². The number of nitriles is 1. The van der Waals surface area contributed by atoms with Crippen molar-refractivity contribution in [1.82, 2.24) is 14.8 Å². The molecule has 0 radical (unpaired) electrons. The van der Waals surface area contributed by atoms with Crippen molar-refractivity contribution in [2.24, 2.45) is 7.05 Å². The van der Waals surface area contributed by atoms with Crippen LogP contribution in [0, 0.1) is 11.3 Å². The number of pyridine rings is 1. The van der Waals surface area contributed by atoms with Gasteiger partial charge in [0.15, 0.2) is 0 Å². The van der Waals surface area contributed by atoms with E-state index in [1.165, 1.54) is 11.1 Å². The van der Waals surface area contributed by atoms with E-state index in [4.69, 9.17) is 0 Å². The van der Waals surface area contributed by atoms with Gasteiger partial charge in [-0.25, -0.2) is 0 Å². The number of nitrogens with one attached hydrogen (secondary N) is 2. The second kappa shape index (κ2) is 7.20. The van der Waals surface area contributed by atoms with Gasteiger partial charge < -0.3 is 9.88 Å². The Hall–Kier alpha value is -3.85. The number of hydrogen-bond acceptors (Lipinski definition) is 4. The van der Waals surface area contributed by atoms with E-state index in [1.807, 2.05) is 36.4 Å². The van der Waals surface area contributed by atoms with Crippen LogP contribution in [0.2, 0.25) is 0 Å². The van der Waals surface area contributed by atoms with Crippen LogP contribution in [0.5, 0.6) is 0 Å². The van der Waals surface area contributed by atoms with Crippen molar-refractivity contribution in [3.63, 3.8) is 0 Å². The van der Waals surface area contributed by atoms with Gasteiger partial charge in [-0.15, -0.1) is 0 Å². The average molecular weight is 395 g/mol. The highest BCUT2D eigenvalue weighted by Crippen LogP contribution is 2.34. The number of fused-ring (bicyclic) bond motifs is 2. The number of nitrogens with zero attached hydrogens (tertiary/aromatic N) is 3. The molecule has 0 saturated heterocycles. The molecule has 6 heteroatoms. The summed E-state index contributed by atoms with van der Waals surface area (Å²) in [5.41, 5.74) is 6.26. The summed E-state index contributed by atoms with van der Waals surface area (Å²) < 4.78 is 1.56. The van der Waals surface area contributed by atoms with Crippen LogP contribution in [0.4, 0.5) is 5.69 Å². The van der Waals surface area contributed by atoms with E-state index in [2.05, 4.69) is 33.7 Å². The van der Waals surface area contributed by atoms with Crippen LogP contribution < -0.4 is 10.9 Å². The fourth-order valence-electron chi connectivity index (χ4n) is 4.32. The molecule has 148 valence electrons. The Morgan fingerprint density at radius 3 is 3.00 bits per heavy atom. The maximum atomic E-state index is 12.6. The normalized spacial score (nSPS) is 15.5. The maximum absolute atomic E-state index is 12.6. The van der Waals surface area contributed by atoms with E-state index in [0.29, 0.717) is 16.8 Å². The standard InChI is InChI=1S/C24H21N5O/c1-29-11-3-5-19(24(29)30)23-20-13-17(8-10-22(20)27-28-23)26-21-6-2-4-16-12-15(14-25)7-9-18(16)21/h3,5,7-13,21,26H,2,4,6H2,1H3,(H,27,28)/t21-/m0/s1.